The second-order valence-corrected chi connectivity index (χ2v) is 5.87. The van der Waals surface area contributed by atoms with Gasteiger partial charge in [0.25, 0.3) is 5.91 Å². The first kappa shape index (κ1) is 13.7. The highest BCUT2D eigenvalue weighted by Crippen LogP contribution is 2.31. The number of amides is 1. The Kier molecular flexibility index (Phi) is 3.85. The molecule has 3 rings (SSSR count). The number of nitrogens with two attached hydrogens (primary N) is 1. The predicted molar refractivity (Wildman–Crippen MR) is 78.9 cm³/mol. The van der Waals surface area contributed by atoms with Gasteiger partial charge in [-0.15, -0.1) is 0 Å². The summed E-state index contributed by atoms with van der Waals surface area (Å²) in [7, 11) is 0. The fraction of sp³-hybridized carbons (Fsp3) is 0.533. The lowest BCUT2D eigenvalue weighted by molar-refractivity contribution is -0.0752. The van der Waals surface area contributed by atoms with Gasteiger partial charge in [-0.25, -0.2) is 0 Å². The van der Waals surface area contributed by atoms with Crippen LogP contribution in [0.2, 0.25) is 5.02 Å². The minimum Gasteiger partial charge on any atom is -0.398 e. The van der Waals surface area contributed by atoms with E-state index in [4.69, 9.17) is 22.1 Å². The zero-order chi connectivity index (χ0) is 14.1. The third-order valence-electron chi connectivity index (χ3n) is 4.25. The maximum atomic E-state index is 12.8. The zero-order valence-corrected chi connectivity index (χ0v) is 12.1. The topological polar surface area (TPSA) is 55.6 Å². The van der Waals surface area contributed by atoms with E-state index in [1.165, 1.54) is 6.42 Å². The molecule has 1 aromatic rings. The number of hydrogen-bond donors (Lipinski definition) is 1. The molecule has 0 radical (unpaired) electrons. The van der Waals surface area contributed by atoms with Crippen LogP contribution in [-0.2, 0) is 4.74 Å². The molecule has 1 aliphatic heterocycles. The largest absolute Gasteiger partial charge is 0.398 e. The van der Waals surface area contributed by atoms with Gasteiger partial charge in [0, 0.05) is 12.2 Å². The molecule has 0 spiro atoms. The van der Waals surface area contributed by atoms with E-state index in [1.807, 2.05) is 4.90 Å². The molecule has 2 N–H and O–H groups in total. The van der Waals surface area contributed by atoms with Crippen molar-refractivity contribution in [1.82, 2.24) is 4.90 Å². The van der Waals surface area contributed by atoms with Crippen LogP contribution in [0.5, 0.6) is 0 Å². The van der Waals surface area contributed by atoms with E-state index in [-0.39, 0.29) is 18.1 Å². The number of fused-ring (bicyclic) bond motifs is 1. The molecule has 20 heavy (non-hydrogen) atoms. The van der Waals surface area contributed by atoms with Crippen molar-refractivity contribution < 1.29 is 9.53 Å². The van der Waals surface area contributed by atoms with Crippen molar-refractivity contribution in [2.75, 3.05) is 18.9 Å². The Hall–Kier alpha value is -1.26. The fourth-order valence-electron chi connectivity index (χ4n) is 3.26. The van der Waals surface area contributed by atoms with Crippen molar-refractivity contribution in [3.63, 3.8) is 0 Å². The molecule has 1 saturated heterocycles. The Morgan fingerprint density at radius 1 is 1.35 bits per heavy atom. The van der Waals surface area contributed by atoms with E-state index < -0.39 is 0 Å². The van der Waals surface area contributed by atoms with Gasteiger partial charge in [-0.05, 0) is 25.0 Å². The lowest BCUT2D eigenvalue weighted by Gasteiger charge is -2.44. The van der Waals surface area contributed by atoms with Crippen molar-refractivity contribution in [3.8, 4) is 0 Å². The second kappa shape index (κ2) is 5.62. The Morgan fingerprint density at radius 2 is 2.15 bits per heavy atom. The van der Waals surface area contributed by atoms with Crippen molar-refractivity contribution >= 4 is 23.2 Å². The summed E-state index contributed by atoms with van der Waals surface area (Å²) in [4.78, 5) is 14.7. The number of anilines is 1. The van der Waals surface area contributed by atoms with Crippen LogP contribution in [0.25, 0.3) is 0 Å². The smallest absolute Gasteiger partial charge is 0.257 e. The van der Waals surface area contributed by atoms with Gasteiger partial charge >= 0.3 is 0 Å². The van der Waals surface area contributed by atoms with E-state index in [0.29, 0.717) is 29.4 Å². The normalized spacial score (nSPS) is 26.1. The Labute approximate surface area is 123 Å². The molecule has 2 fully saturated rings. The van der Waals surface area contributed by atoms with Crippen LogP contribution < -0.4 is 5.73 Å². The van der Waals surface area contributed by atoms with Crippen LogP contribution in [0, 0.1) is 0 Å². The maximum absolute atomic E-state index is 12.8. The number of morpholine rings is 1. The number of rotatable bonds is 1. The van der Waals surface area contributed by atoms with E-state index in [0.717, 1.165) is 19.3 Å². The zero-order valence-electron chi connectivity index (χ0n) is 11.3. The third-order valence-corrected chi connectivity index (χ3v) is 4.57. The van der Waals surface area contributed by atoms with E-state index in [2.05, 4.69) is 0 Å². The molecular formula is C15H19ClN2O2. The van der Waals surface area contributed by atoms with Crippen LogP contribution >= 0.6 is 11.6 Å². The first-order valence-electron chi connectivity index (χ1n) is 7.15. The lowest BCUT2D eigenvalue weighted by atomic mass is 9.89. The van der Waals surface area contributed by atoms with Gasteiger partial charge in [0.2, 0.25) is 0 Å². The van der Waals surface area contributed by atoms with Gasteiger partial charge in [0.15, 0.2) is 0 Å². The van der Waals surface area contributed by atoms with Crippen molar-refractivity contribution in [2.45, 2.75) is 37.8 Å². The number of benzene rings is 1. The number of nitrogen functional groups attached to an aromatic ring is 1. The number of carbonyl (C=O) groups is 1. The predicted octanol–water partition coefficient (Wildman–Crippen LogP) is 2.71. The SMILES string of the molecule is Nc1cccc(Cl)c1C(=O)N1CCOC2CCCCC21. The minimum absolute atomic E-state index is 0.0618. The molecule has 2 atom stereocenters. The standard InChI is InChI=1S/C15H19ClN2O2/c16-10-4-3-5-11(17)14(10)15(19)18-8-9-20-13-7-2-1-6-12(13)18/h3-5,12-13H,1-2,6-9,17H2. The second-order valence-electron chi connectivity index (χ2n) is 5.46. The minimum atomic E-state index is -0.0618. The maximum Gasteiger partial charge on any atom is 0.257 e. The fourth-order valence-corrected chi connectivity index (χ4v) is 3.52. The van der Waals surface area contributed by atoms with Crippen LogP contribution in [0.4, 0.5) is 5.69 Å². The molecule has 1 amide bonds. The highest BCUT2D eigenvalue weighted by atomic mass is 35.5. The number of hydrogen-bond acceptors (Lipinski definition) is 3. The van der Waals surface area contributed by atoms with Crippen molar-refractivity contribution in [2.24, 2.45) is 0 Å². The number of halogens is 1. The van der Waals surface area contributed by atoms with E-state index in [1.54, 1.807) is 18.2 Å². The molecule has 1 aliphatic carbocycles. The van der Waals surface area contributed by atoms with E-state index >= 15 is 0 Å². The molecule has 0 bridgehead atoms. The summed E-state index contributed by atoms with van der Waals surface area (Å²) in [6.45, 7) is 1.21. The number of carbonyl (C=O) groups excluding carboxylic acids is 1. The van der Waals surface area contributed by atoms with Crippen LogP contribution in [0.15, 0.2) is 18.2 Å². The summed E-state index contributed by atoms with van der Waals surface area (Å²) in [6.07, 6.45) is 4.53. The highest BCUT2D eigenvalue weighted by Gasteiger charge is 2.37. The van der Waals surface area contributed by atoms with Crippen LogP contribution in [0.1, 0.15) is 36.0 Å². The molecule has 5 heteroatoms. The Balaban J connectivity index is 1.89. The molecule has 2 aliphatic rings. The summed E-state index contributed by atoms with van der Waals surface area (Å²) in [6, 6.07) is 5.36. The summed E-state index contributed by atoms with van der Waals surface area (Å²) >= 11 is 6.16. The molecule has 108 valence electrons. The average Bonchev–Trinajstić information content (AvgIpc) is 2.46. The third kappa shape index (κ3) is 2.38. The summed E-state index contributed by atoms with van der Waals surface area (Å²) in [5.74, 6) is -0.0618. The average molecular weight is 295 g/mol. The summed E-state index contributed by atoms with van der Waals surface area (Å²) < 4.78 is 5.80. The van der Waals surface area contributed by atoms with Gasteiger partial charge in [-0.3, -0.25) is 4.79 Å². The van der Waals surface area contributed by atoms with Crippen molar-refractivity contribution in [3.05, 3.63) is 28.8 Å². The molecule has 1 heterocycles. The molecule has 0 aromatic heterocycles. The first-order valence-corrected chi connectivity index (χ1v) is 7.53. The molecular weight excluding hydrogens is 276 g/mol. The first-order chi connectivity index (χ1) is 9.68. The molecule has 4 nitrogen and oxygen atoms in total. The van der Waals surface area contributed by atoms with Crippen LogP contribution in [-0.4, -0.2) is 36.1 Å². The highest BCUT2D eigenvalue weighted by molar-refractivity contribution is 6.34. The summed E-state index contributed by atoms with van der Waals surface area (Å²) in [5, 5.41) is 0.425. The monoisotopic (exact) mass is 294 g/mol. The van der Waals surface area contributed by atoms with Gasteiger partial charge < -0.3 is 15.4 Å². The van der Waals surface area contributed by atoms with Crippen molar-refractivity contribution in [1.29, 1.82) is 0 Å². The number of ether oxygens (including phenoxy) is 1. The Bertz CT molecular complexity index is 498. The molecule has 1 saturated carbocycles. The molecule has 2 unspecified atom stereocenters. The summed E-state index contributed by atoms with van der Waals surface area (Å²) in [5.41, 5.74) is 6.81. The quantitative estimate of drug-likeness (QED) is 0.810. The van der Waals surface area contributed by atoms with Crippen LogP contribution in [0.3, 0.4) is 0 Å². The number of nitrogens with zero attached hydrogens (tertiary/aromatic N) is 1. The van der Waals surface area contributed by atoms with Gasteiger partial charge in [-0.1, -0.05) is 30.5 Å². The van der Waals surface area contributed by atoms with Gasteiger partial charge in [0.1, 0.15) is 0 Å². The van der Waals surface area contributed by atoms with E-state index in [9.17, 15) is 4.79 Å². The lowest BCUT2D eigenvalue weighted by Crippen LogP contribution is -2.54. The van der Waals surface area contributed by atoms with Gasteiger partial charge in [-0.2, -0.15) is 0 Å². The van der Waals surface area contributed by atoms with Gasteiger partial charge in [0.05, 0.1) is 29.3 Å². The Morgan fingerprint density at radius 3 is 2.95 bits per heavy atom. The molecule has 1 aromatic carbocycles.